The quantitative estimate of drug-likeness (QED) is 0.594. The van der Waals surface area contributed by atoms with E-state index in [0.717, 1.165) is 28.3 Å². The largest absolute Gasteiger partial charge is 0.352 e. The number of hydrogen-bond acceptors (Lipinski definition) is 3. The van der Waals surface area contributed by atoms with Gasteiger partial charge in [-0.2, -0.15) is 0 Å². The van der Waals surface area contributed by atoms with Crippen LogP contribution in [0.1, 0.15) is 18.5 Å². The van der Waals surface area contributed by atoms with Crippen LogP contribution in [-0.2, 0) is 0 Å². The Morgan fingerprint density at radius 1 is 0.882 bits per heavy atom. The molecule has 4 N–H and O–H groups in total. The molecule has 0 amide bonds. The predicted molar refractivity (Wildman–Crippen MR) is 72.1 cm³/mol. The average molecular weight is 225 g/mol. The Labute approximate surface area is 101 Å². The Hall–Kier alpha value is -2.00. The lowest BCUT2D eigenvalue weighted by atomic mass is 10.1. The minimum absolute atomic E-state index is 0.0549. The van der Waals surface area contributed by atoms with E-state index in [1.54, 1.807) is 0 Å². The number of fused-ring (bicyclic) bond motifs is 2. The summed E-state index contributed by atoms with van der Waals surface area (Å²) in [5.74, 6) is 0. The molecule has 0 bridgehead atoms. The topological polar surface area (TPSA) is 50.1 Å². The van der Waals surface area contributed by atoms with Crippen molar-refractivity contribution >= 4 is 22.7 Å². The van der Waals surface area contributed by atoms with Crippen LogP contribution in [0.2, 0.25) is 0 Å². The van der Waals surface area contributed by atoms with Crippen molar-refractivity contribution in [1.82, 2.24) is 0 Å². The van der Waals surface area contributed by atoms with Crippen molar-refractivity contribution in [3.63, 3.8) is 0 Å². The summed E-state index contributed by atoms with van der Waals surface area (Å²) in [6.07, 6.45) is 0. The third-order valence-electron chi connectivity index (χ3n) is 3.04. The van der Waals surface area contributed by atoms with E-state index >= 15 is 0 Å². The standard InChI is InChI=1S/C14H15N3/c1-9(15)10-6-7-13-14(8-10)17-12-5-3-2-4-11(12)16-13/h2-9,16-17H,15H2,1H3. The molecular weight excluding hydrogens is 210 g/mol. The monoisotopic (exact) mass is 225 g/mol. The van der Waals surface area contributed by atoms with Crippen molar-refractivity contribution in [3.05, 3.63) is 48.0 Å². The van der Waals surface area contributed by atoms with E-state index in [9.17, 15) is 0 Å². The number of nitrogens with one attached hydrogen (secondary N) is 2. The van der Waals surface area contributed by atoms with Crippen LogP contribution in [0.4, 0.5) is 22.7 Å². The zero-order chi connectivity index (χ0) is 11.8. The van der Waals surface area contributed by atoms with Crippen LogP contribution >= 0.6 is 0 Å². The molecule has 3 heteroatoms. The highest BCUT2D eigenvalue weighted by Gasteiger charge is 2.14. The van der Waals surface area contributed by atoms with Crippen molar-refractivity contribution in [2.75, 3.05) is 10.6 Å². The van der Waals surface area contributed by atoms with E-state index in [1.807, 2.05) is 19.1 Å². The van der Waals surface area contributed by atoms with Gasteiger partial charge in [-0.05, 0) is 36.8 Å². The lowest BCUT2D eigenvalue weighted by molar-refractivity contribution is 0.819. The Morgan fingerprint density at radius 2 is 1.47 bits per heavy atom. The molecule has 1 aliphatic heterocycles. The fourth-order valence-corrected chi connectivity index (χ4v) is 2.05. The minimum Gasteiger partial charge on any atom is -0.352 e. The highest BCUT2D eigenvalue weighted by Crippen LogP contribution is 2.38. The van der Waals surface area contributed by atoms with Gasteiger partial charge in [0.1, 0.15) is 0 Å². The van der Waals surface area contributed by atoms with E-state index in [-0.39, 0.29) is 6.04 Å². The summed E-state index contributed by atoms with van der Waals surface area (Å²) in [5, 5.41) is 6.82. The molecule has 0 saturated heterocycles. The lowest BCUT2D eigenvalue weighted by Gasteiger charge is -2.23. The highest BCUT2D eigenvalue weighted by atomic mass is 15.0. The van der Waals surface area contributed by atoms with Gasteiger partial charge in [0.05, 0.1) is 22.7 Å². The predicted octanol–water partition coefficient (Wildman–Crippen LogP) is 3.51. The second-order valence-electron chi connectivity index (χ2n) is 4.39. The summed E-state index contributed by atoms with van der Waals surface area (Å²) in [4.78, 5) is 0. The maximum Gasteiger partial charge on any atom is 0.0627 e. The Bertz CT molecular complexity index is 561. The summed E-state index contributed by atoms with van der Waals surface area (Å²) in [6, 6.07) is 14.4. The van der Waals surface area contributed by atoms with Gasteiger partial charge in [-0.25, -0.2) is 0 Å². The number of para-hydroxylation sites is 2. The number of anilines is 4. The second kappa shape index (κ2) is 3.79. The normalized spacial score (nSPS) is 14.0. The van der Waals surface area contributed by atoms with Gasteiger partial charge in [-0.3, -0.25) is 0 Å². The molecule has 1 unspecified atom stereocenters. The van der Waals surface area contributed by atoms with Crippen LogP contribution in [0, 0.1) is 0 Å². The summed E-state index contributed by atoms with van der Waals surface area (Å²) in [5.41, 5.74) is 11.4. The van der Waals surface area contributed by atoms with Gasteiger partial charge in [0.25, 0.3) is 0 Å². The van der Waals surface area contributed by atoms with Gasteiger partial charge in [-0.15, -0.1) is 0 Å². The number of hydrogen-bond donors (Lipinski definition) is 3. The first kappa shape index (κ1) is 10.2. The fraction of sp³-hybridized carbons (Fsp3) is 0.143. The molecule has 0 radical (unpaired) electrons. The van der Waals surface area contributed by atoms with Crippen molar-refractivity contribution in [3.8, 4) is 0 Å². The van der Waals surface area contributed by atoms with Gasteiger partial charge >= 0.3 is 0 Å². The zero-order valence-corrected chi connectivity index (χ0v) is 9.70. The molecule has 1 heterocycles. The van der Waals surface area contributed by atoms with Gasteiger partial charge < -0.3 is 16.4 Å². The zero-order valence-electron chi connectivity index (χ0n) is 9.70. The highest BCUT2D eigenvalue weighted by molar-refractivity contribution is 5.90. The molecule has 0 aromatic heterocycles. The Balaban J connectivity index is 2.03. The fourth-order valence-electron chi connectivity index (χ4n) is 2.05. The summed E-state index contributed by atoms with van der Waals surface area (Å²) < 4.78 is 0. The Morgan fingerprint density at radius 3 is 2.12 bits per heavy atom. The number of benzene rings is 2. The molecule has 2 aromatic carbocycles. The molecule has 1 aliphatic rings. The van der Waals surface area contributed by atoms with Crippen LogP contribution in [-0.4, -0.2) is 0 Å². The molecule has 0 saturated carbocycles. The molecular formula is C14H15N3. The molecule has 1 atom stereocenters. The first-order valence-electron chi connectivity index (χ1n) is 5.76. The van der Waals surface area contributed by atoms with Crippen LogP contribution in [0.25, 0.3) is 0 Å². The van der Waals surface area contributed by atoms with Crippen molar-refractivity contribution in [2.24, 2.45) is 5.73 Å². The molecule has 0 spiro atoms. The van der Waals surface area contributed by atoms with Crippen molar-refractivity contribution in [2.45, 2.75) is 13.0 Å². The average Bonchev–Trinajstić information content (AvgIpc) is 2.35. The lowest BCUT2D eigenvalue weighted by Crippen LogP contribution is -2.09. The van der Waals surface area contributed by atoms with Gasteiger partial charge in [-0.1, -0.05) is 18.2 Å². The summed E-state index contributed by atoms with van der Waals surface area (Å²) in [7, 11) is 0. The molecule has 0 aliphatic carbocycles. The maximum absolute atomic E-state index is 5.89. The summed E-state index contributed by atoms with van der Waals surface area (Å²) >= 11 is 0. The molecule has 3 rings (SSSR count). The van der Waals surface area contributed by atoms with Crippen molar-refractivity contribution < 1.29 is 0 Å². The van der Waals surface area contributed by atoms with Gasteiger partial charge in [0, 0.05) is 6.04 Å². The molecule has 86 valence electrons. The minimum atomic E-state index is 0.0549. The SMILES string of the molecule is CC(N)c1ccc2c(c1)Nc1ccccc1N2. The molecule has 0 fully saturated rings. The first-order valence-corrected chi connectivity index (χ1v) is 5.76. The van der Waals surface area contributed by atoms with Crippen LogP contribution in [0.15, 0.2) is 42.5 Å². The van der Waals surface area contributed by atoms with Crippen LogP contribution in [0.3, 0.4) is 0 Å². The van der Waals surface area contributed by atoms with E-state index in [1.165, 1.54) is 0 Å². The number of nitrogens with two attached hydrogens (primary N) is 1. The van der Waals surface area contributed by atoms with E-state index in [4.69, 9.17) is 5.73 Å². The smallest absolute Gasteiger partial charge is 0.0627 e. The third-order valence-corrected chi connectivity index (χ3v) is 3.04. The first-order chi connectivity index (χ1) is 8.24. The molecule has 17 heavy (non-hydrogen) atoms. The van der Waals surface area contributed by atoms with Gasteiger partial charge in [0.15, 0.2) is 0 Å². The van der Waals surface area contributed by atoms with Gasteiger partial charge in [0.2, 0.25) is 0 Å². The van der Waals surface area contributed by atoms with Crippen molar-refractivity contribution in [1.29, 1.82) is 0 Å². The molecule has 2 aromatic rings. The third kappa shape index (κ3) is 1.74. The van der Waals surface area contributed by atoms with E-state index in [0.29, 0.717) is 0 Å². The Kier molecular flexibility index (Phi) is 2.27. The van der Waals surface area contributed by atoms with E-state index < -0.39 is 0 Å². The van der Waals surface area contributed by atoms with Crippen LogP contribution < -0.4 is 16.4 Å². The maximum atomic E-state index is 5.89. The van der Waals surface area contributed by atoms with E-state index in [2.05, 4.69) is 41.0 Å². The second-order valence-corrected chi connectivity index (χ2v) is 4.39. The van der Waals surface area contributed by atoms with Crippen LogP contribution in [0.5, 0.6) is 0 Å². The molecule has 3 nitrogen and oxygen atoms in total. The number of rotatable bonds is 1. The summed E-state index contributed by atoms with van der Waals surface area (Å²) in [6.45, 7) is 1.99.